The molecule has 1 unspecified atom stereocenters. The molecule has 0 aliphatic rings. The molecule has 0 saturated carbocycles. The van der Waals surface area contributed by atoms with Gasteiger partial charge in [0.05, 0.1) is 6.20 Å². The molecule has 102 valence electrons. The summed E-state index contributed by atoms with van der Waals surface area (Å²) in [6.45, 7) is 5.17. The summed E-state index contributed by atoms with van der Waals surface area (Å²) in [5, 5.41) is 8.64. The van der Waals surface area contributed by atoms with Crippen molar-refractivity contribution in [2.24, 2.45) is 7.05 Å². The average molecular weight is 278 g/mol. The lowest BCUT2D eigenvalue weighted by atomic mass is 9.99. The highest BCUT2D eigenvalue weighted by Gasteiger charge is 2.16. The van der Waals surface area contributed by atoms with E-state index in [4.69, 9.17) is 11.6 Å². The Hall–Kier alpha value is -1.32. The molecule has 0 spiro atoms. The van der Waals surface area contributed by atoms with Crippen molar-refractivity contribution in [1.82, 2.24) is 15.1 Å². The zero-order chi connectivity index (χ0) is 13.8. The molecule has 3 nitrogen and oxygen atoms in total. The maximum atomic E-state index is 5.93. The van der Waals surface area contributed by atoms with Gasteiger partial charge >= 0.3 is 0 Å². The number of hydrogen-bond acceptors (Lipinski definition) is 2. The second-order valence-electron chi connectivity index (χ2n) is 4.75. The molecule has 1 heterocycles. The van der Waals surface area contributed by atoms with E-state index in [0.717, 1.165) is 18.0 Å². The van der Waals surface area contributed by atoms with Crippen LogP contribution in [0.15, 0.2) is 30.5 Å². The molecule has 19 heavy (non-hydrogen) atoms. The third-order valence-electron chi connectivity index (χ3n) is 3.45. The second-order valence-corrected chi connectivity index (χ2v) is 5.19. The third kappa shape index (κ3) is 3.37. The first-order valence-corrected chi connectivity index (χ1v) is 6.96. The quantitative estimate of drug-likeness (QED) is 0.909. The molecule has 0 fully saturated rings. The highest BCUT2D eigenvalue weighted by atomic mass is 35.5. The van der Waals surface area contributed by atoms with Gasteiger partial charge in [-0.15, -0.1) is 0 Å². The topological polar surface area (TPSA) is 29.9 Å². The number of benzene rings is 1. The van der Waals surface area contributed by atoms with Crippen LogP contribution in [0.2, 0.25) is 5.02 Å². The van der Waals surface area contributed by atoms with Crippen molar-refractivity contribution in [3.8, 4) is 0 Å². The van der Waals surface area contributed by atoms with Crippen LogP contribution in [0.4, 0.5) is 0 Å². The molecule has 2 aromatic rings. The van der Waals surface area contributed by atoms with Crippen LogP contribution < -0.4 is 5.32 Å². The fourth-order valence-corrected chi connectivity index (χ4v) is 2.38. The number of rotatable bonds is 5. The van der Waals surface area contributed by atoms with Gasteiger partial charge in [-0.1, -0.05) is 30.7 Å². The summed E-state index contributed by atoms with van der Waals surface area (Å²) in [5.74, 6) is 0. The molecule has 1 aromatic heterocycles. The van der Waals surface area contributed by atoms with Crippen molar-refractivity contribution < 1.29 is 0 Å². The summed E-state index contributed by atoms with van der Waals surface area (Å²) in [6, 6.07) is 8.34. The number of aromatic nitrogens is 2. The van der Waals surface area contributed by atoms with E-state index in [9.17, 15) is 0 Å². The minimum absolute atomic E-state index is 0.292. The van der Waals surface area contributed by atoms with Gasteiger partial charge < -0.3 is 5.32 Å². The summed E-state index contributed by atoms with van der Waals surface area (Å²) in [4.78, 5) is 0. The maximum absolute atomic E-state index is 5.93. The van der Waals surface area contributed by atoms with Gasteiger partial charge in [0.2, 0.25) is 0 Å². The van der Waals surface area contributed by atoms with Crippen LogP contribution in [-0.4, -0.2) is 16.3 Å². The van der Waals surface area contributed by atoms with Crippen molar-refractivity contribution in [3.05, 3.63) is 52.3 Å². The number of aryl methyl sites for hydroxylation is 1. The zero-order valence-electron chi connectivity index (χ0n) is 11.7. The van der Waals surface area contributed by atoms with Crippen molar-refractivity contribution in [3.63, 3.8) is 0 Å². The number of nitrogens with zero attached hydrogens (tertiary/aromatic N) is 2. The predicted molar refractivity (Wildman–Crippen MR) is 79.5 cm³/mol. The first kappa shape index (κ1) is 14.1. The summed E-state index contributed by atoms with van der Waals surface area (Å²) in [6.07, 6.45) is 2.90. The monoisotopic (exact) mass is 277 g/mol. The second kappa shape index (κ2) is 6.22. The van der Waals surface area contributed by atoms with Gasteiger partial charge in [-0.3, -0.25) is 4.68 Å². The molecule has 0 aliphatic heterocycles. The summed E-state index contributed by atoms with van der Waals surface area (Å²) < 4.78 is 1.92. The first-order valence-electron chi connectivity index (χ1n) is 6.58. The van der Waals surface area contributed by atoms with Crippen LogP contribution in [0.1, 0.15) is 29.8 Å². The predicted octanol–water partition coefficient (Wildman–Crippen LogP) is 3.28. The molecular weight excluding hydrogens is 258 g/mol. The lowest BCUT2D eigenvalue weighted by Gasteiger charge is -2.18. The third-order valence-corrected chi connectivity index (χ3v) is 3.70. The van der Waals surface area contributed by atoms with Gasteiger partial charge in [-0.25, -0.2) is 0 Å². The molecule has 1 atom stereocenters. The van der Waals surface area contributed by atoms with E-state index in [1.54, 1.807) is 0 Å². The molecule has 0 bridgehead atoms. The van der Waals surface area contributed by atoms with Crippen LogP contribution in [0.25, 0.3) is 0 Å². The molecule has 0 amide bonds. The number of halogens is 1. The molecule has 4 heteroatoms. The molecule has 1 N–H and O–H groups in total. The minimum Gasteiger partial charge on any atom is -0.310 e. The van der Waals surface area contributed by atoms with Gasteiger partial charge in [-0.2, -0.15) is 5.10 Å². The Morgan fingerprint density at radius 1 is 1.32 bits per heavy atom. The van der Waals surface area contributed by atoms with E-state index in [2.05, 4.69) is 36.4 Å². The Morgan fingerprint density at radius 3 is 2.53 bits per heavy atom. The van der Waals surface area contributed by atoms with Crippen molar-refractivity contribution in [2.75, 3.05) is 6.54 Å². The normalized spacial score (nSPS) is 12.6. The number of likely N-dealkylation sites (N-methyl/N-ethyl adjacent to an activating group) is 1. The van der Waals surface area contributed by atoms with E-state index in [1.807, 2.05) is 30.1 Å². The molecule has 0 aliphatic carbocycles. The van der Waals surface area contributed by atoms with Gasteiger partial charge in [-0.05, 0) is 37.6 Å². The zero-order valence-corrected chi connectivity index (χ0v) is 12.4. The minimum atomic E-state index is 0.292. The Kier molecular flexibility index (Phi) is 4.61. The molecule has 2 rings (SSSR count). The van der Waals surface area contributed by atoms with E-state index in [0.29, 0.717) is 6.04 Å². The van der Waals surface area contributed by atoms with Crippen LogP contribution >= 0.6 is 11.6 Å². The van der Waals surface area contributed by atoms with Crippen LogP contribution in [-0.2, 0) is 13.5 Å². The van der Waals surface area contributed by atoms with E-state index in [-0.39, 0.29) is 0 Å². The highest BCUT2D eigenvalue weighted by Crippen LogP contribution is 2.22. The maximum Gasteiger partial charge on any atom is 0.0540 e. The van der Waals surface area contributed by atoms with Gasteiger partial charge in [0, 0.05) is 29.4 Å². The highest BCUT2D eigenvalue weighted by molar-refractivity contribution is 6.30. The van der Waals surface area contributed by atoms with Crippen LogP contribution in [0, 0.1) is 6.92 Å². The van der Waals surface area contributed by atoms with Crippen molar-refractivity contribution in [1.29, 1.82) is 0 Å². The average Bonchev–Trinajstić information content (AvgIpc) is 2.72. The van der Waals surface area contributed by atoms with Gasteiger partial charge in [0.1, 0.15) is 0 Å². The largest absolute Gasteiger partial charge is 0.310 e. The Balaban J connectivity index is 2.21. The standard InChI is InChI=1S/C15H20ClN3/c1-4-17-15(14-10-18-19(3)11(14)2)9-12-5-7-13(16)8-6-12/h5-8,10,15,17H,4,9H2,1-3H3. The lowest BCUT2D eigenvalue weighted by Crippen LogP contribution is -2.23. The van der Waals surface area contributed by atoms with Crippen molar-refractivity contribution >= 4 is 11.6 Å². The smallest absolute Gasteiger partial charge is 0.0540 e. The molecular formula is C15H20ClN3. The SMILES string of the molecule is CCNC(Cc1ccc(Cl)cc1)c1cnn(C)c1C. The van der Waals surface area contributed by atoms with E-state index >= 15 is 0 Å². The summed E-state index contributed by atoms with van der Waals surface area (Å²) in [5.41, 5.74) is 3.75. The number of hydrogen-bond donors (Lipinski definition) is 1. The Morgan fingerprint density at radius 2 is 2.00 bits per heavy atom. The molecule has 0 radical (unpaired) electrons. The van der Waals surface area contributed by atoms with Gasteiger partial charge in [0.15, 0.2) is 0 Å². The molecule has 1 aromatic carbocycles. The molecule has 0 saturated heterocycles. The van der Waals surface area contributed by atoms with E-state index < -0.39 is 0 Å². The summed E-state index contributed by atoms with van der Waals surface area (Å²) >= 11 is 5.93. The Labute approximate surface area is 119 Å². The first-order chi connectivity index (χ1) is 9.11. The fourth-order valence-electron chi connectivity index (χ4n) is 2.25. The Bertz CT molecular complexity index is 531. The number of nitrogens with one attached hydrogen (secondary N) is 1. The van der Waals surface area contributed by atoms with Gasteiger partial charge in [0.25, 0.3) is 0 Å². The lowest BCUT2D eigenvalue weighted by molar-refractivity contribution is 0.546. The van der Waals surface area contributed by atoms with E-state index in [1.165, 1.54) is 16.8 Å². The van der Waals surface area contributed by atoms with Crippen molar-refractivity contribution in [2.45, 2.75) is 26.3 Å². The fraction of sp³-hybridized carbons (Fsp3) is 0.400. The van der Waals surface area contributed by atoms with Crippen LogP contribution in [0.3, 0.4) is 0 Å². The van der Waals surface area contributed by atoms with Crippen LogP contribution in [0.5, 0.6) is 0 Å². The summed E-state index contributed by atoms with van der Waals surface area (Å²) in [7, 11) is 1.98.